The van der Waals surface area contributed by atoms with Gasteiger partial charge in [-0.3, -0.25) is 0 Å². The van der Waals surface area contributed by atoms with Crippen LogP contribution in [0.5, 0.6) is 0 Å². The van der Waals surface area contributed by atoms with Crippen molar-refractivity contribution < 1.29 is 19.8 Å². The molecule has 0 saturated carbocycles. The predicted molar refractivity (Wildman–Crippen MR) is 106 cm³/mol. The minimum atomic E-state index is -1.07. The second kappa shape index (κ2) is 9.92. The minimum Gasteiger partial charge on any atom is -0.478 e. The molecule has 0 bridgehead atoms. The first kappa shape index (κ1) is 19.9. The van der Waals surface area contributed by atoms with Crippen LogP contribution in [-0.2, 0) is 16.0 Å². The second-order valence-corrected chi connectivity index (χ2v) is 6.15. The third-order valence-corrected chi connectivity index (χ3v) is 4.12. The summed E-state index contributed by atoms with van der Waals surface area (Å²) in [6, 6.07) is 19.2. The molecule has 0 aromatic heterocycles. The van der Waals surface area contributed by atoms with Crippen molar-refractivity contribution >= 4 is 18.0 Å². The van der Waals surface area contributed by atoms with Crippen LogP contribution in [0.4, 0.5) is 0 Å². The summed E-state index contributed by atoms with van der Waals surface area (Å²) in [4.78, 5) is 22.8. The molecule has 1 unspecified atom stereocenters. The fourth-order valence-electron chi connectivity index (χ4n) is 2.58. The molecule has 0 radical (unpaired) electrons. The highest BCUT2D eigenvalue weighted by Crippen LogP contribution is 2.21. The molecule has 27 heavy (non-hydrogen) atoms. The number of carboxylic acids is 2. The van der Waals surface area contributed by atoms with Crippen LogP contribution < -0.4 is 0 Å². The number of carbonyl (C=O) groups is 2. The van der Waals surface area contributed by atoms with Gasteiger partial charge in [-0.25, -0.2) is 9.59 Å². The lowest BCUT2D eigenvalue weighted by Gasteiger charge is -2.14. The highest BCUT2D eigenvalue weighted by molar-refractivity contribution is 5.90. The zero-order valence-electron chi connectivity index (χ0n) is 15.1. The molecule has 0 heterocycles. The van der Waals surface area contributed by atoms with E-state index in [-0.39, 0.29) is 11.1 Å². The van der Waals surface area contributed by atoms with E-state index < -0.39 is 17.9 Å². The van der Waals surface area contributed by atoms with E-state index in [9.17, 15) is 14.7 Å². The standard InChI is InChI=1S/C23H22O4/c1-17(22(24)25)12-15-21(23(26)27)20(16-19-10-6-3-7-11-19)14-13-18-8-4-2-5-9-18/h2-15,20H,16H2,1H3,(H,24,25)(H,26,27). The van der Waals surface area contributed by atoms with Crippen LogP contribution in [0.25, 0.3) is 6.08 Å². The summed E-state index contributed by atoms with van der Waals surface area (Å²) in [6.45, 7) is 1.43. The fraction of sp³-hybridized carbons (Fsp3) is 0.130. The van der Waals surface area contributed by atoms with Gasteiger partial charge in [-0.2, -0.15) is 0 Å². The van der Waals surface area contributed by atoms with Crippen LogP contribution in [0, 0.1) is 5.92 Å². The summed E-state index contributed by atoms with van der Waals surface area (Å²) >= 11 is 0. The number of benzene rings is 2. The molecule has 0 fully saturated rings. The Balaban J connectivity index is 2.39. The fourth-order valence-corrected chi connectivity index (χ4v) is 2.58. The van der Waals surface area contributed by atoms with Crippen molar-refractivity contribution in [2.75, 3.05) is 0 Å². The molecule has 2 N–H and O–H groups in total. The molecule has 1 atom stereocenters. The van der Waals surface area contributed by atoms with Gasteiger partial charge >= 0.3 is 11.9 Å². The number of hydrogen-bond acceptors (Lipinski definition) is 2. The molecule has 2 aromatic rings. The Morgan fingerprint density at radius 2 is 1.48 bits per heavy atom. The zero-order valence-corrected chi connectivity index (χ0v) is 15.1. The van der Waals surface area contributed by atoms with E-state index in [1.807, 2.05) is 72.8 Å². The Morgan fingerprint density at radius 1 is 0.889 bits per heavy atom. The van der Waals surface area contributed by atoms with Crippen LogP contribution in [0.2, 0.25) is 0 Å². The first-order valence-electron chi connectivity index (χ1n) is 8.59. The molecular formula is C23H22O4. The summed E-state index contributed by atoms with van der Waals surface area (Å²) in [6.07, 6.45) is 6.96. The van der Waals surface area contributed by atoms with Gasteiger partial charge in [-0.1, -0.05) is 85.0 Å². The molecule has 2 aromatic carbocycles. The van der Waals surface area contributed by atoms with Gasteiger partial charge in [0, 0.05) is 17.1 Å². The quantitative estimate of drug-likeness (QED) is 0.532. The molecule has 4 heteroatoms. The average Bonchev–Trinajstić information content (AvgIpc) is 2.67. The molecule has 0 amide bonds. The third kappa shape index (κ3) is 6.44. The maximum atomic E-state index is 11.8. The lowest BCUT2D eigenvalue weighted by molar-refractivity contribution is -0.134. The minimum absolute atomic E-state index is 0.0826. The molecule has 2 rings (SSSR count). The highest BCUT2D eigenvalue weighted by Gasteiger charge is 2.18. The van der Waals surface area contributed by atoms with Crippen molar-refractivity contribution in [3.63, 3.8) is 0 Å². The van der Waals surface area contributed by atoms with Crippen LogP contribution >= 0.6 is 0 Å². The van der Waals surface area contributed by atoms with Gasteiger partial charge in [-0.15, -0.1) is 0 Å². The third-order valence-electron chi connectivity index (χ3n) is 4.12. The molecule has 0 aliphatic heterocycles. The van der Waals surface area contributed by atoms with Gasteiger partial charge in [0.05, 0.1) is 0 Å². The molecule has 0 aliphatic carbocycles. The van der Waals surface area contributed by atoms with Gasteiger partial charge in [0.25, 0.3) is 0 Å². The average molecular weight is 362 g/mol. The Kier molecular flexibility index (Phi) is 7.32. The topological polar surface area (TPSA) is 74.6 Å². The van der Waals surface area contributed by atoms with Crippen molar-refractivity contribution in [3.05, 3.63) is 101 Å². The smallest absolute Gasteiger partial charge is 0.332 e. The van der Waals surface area contributed by atoms with E-state index in [1.54, 1.807) is 0 Å². The SMILES string of the molecule is CC(=CC=C(C(=O)O)C(C=Cc1ccccc1)Cc1ccccc1)C(=O)O. The molecule has 0 saturated heterocycles. The number of carboxylic acid groups (broad SMARTS) is 2. The largest absolute Gasteiger partial charge is 0.478 e. The first-order valence-corrected chi connectivity index (χ1v) is 8.59. The second-order valence-electron chi connectivity index (χ2n) is 6.15. The van der Waals surface area contributed by atoms with Crippen molar-refractivity contribution in [2.45, 2.75) is 13.3 Å². The molecule has 0 spiro atoms. The number of hydrogen-bond donors (Lipinski definition) is 2. The molecule has 138 valence electrons. The van der Waals surface area contributed by atoms with Crippen molar-refractivity contribution in [3.8, 4) is 0 Å². The van der Waals surface area contributed by atoms with E-state index in [2.05, 4.69) is 0 Å². The lowest BCUT2D eigenvalue weighted by atomic mass is 9.90. The van der Waals surface area contributed by atoms with E-state index in [0.717, 1.165) is 11.1 Å². The summed E-state index contributed by atoms with van der Waals surface area (Å²) in [7, 11) is 0. The van der Waals surface area contributed by atoms with E-state index in [1.165, 1.54) is 19.1 Å². The van der Waals surface area contributed by atoms with Gasteiger partial charge in [0.2, 0.25) is 0 Å². The van der Waals surface area contributed by atoms with E-state index in [0.29, 0.717) is 6.42 Å². The number of aliphatic carboxylic acids is 2. The van der Waals surface area contributed by atoms with Gasteiger partial charge in [0.15, 0.2) is 0 Å². The van der Waals surface area contributed by atoms with Crippen molar-refractivity contribution in [1.82, 2.24) is 0 Å². The summed E-state index contributed by atoms with van der Waals surface area (Å²) in [5, 5.41) is 18.7. The Labute approximate surface area is 158 Å². The van der Waals surface area contributed by atoms with E-state index >= 15 is 0 Å². The Morgan fingerprint density at radius 3 is 2.04 bits per heavy atom. The van der Waals surface area contributed by atoms with E-state index in [4.69, 9.17) is 5.11 Å². The number of allylic oxidation sites excluding steroid dienone is 3. The molecule has 4 nitrogen and oxygen atoms in total. The maximum absolute atomic E-state index is 11.8. The van der Waals surface area contributed by atoms with Crippen LogP contribution in [-0.4, -0.2) is 22.2 Å². The predicted octanol–water partition coefficient (Wildman–Crippen LogP) is 4.60. The zero-order chi connectivity index (χ0) is 19.6. The van der Waals surface area contributed by atoms with Gasteiger partial charge < -0.3 is 10.2 Å². The van der Waals surface area contributed by atoms with Crippen LogP contribution in [0.3, 0.4) is 0 Å². The van der Waals surface area contributed by atoms with Crippen molar-refractivity contribution in [1.29, 1.82) is 0 Å². The Hall–Kier alpha value is -3.40. The first-order chi connectivity index (χ1) is 13.0. The van der Waals surface area contributed by atoms with Gasteiger partial charge in [0.1, 0.15) is 0 Å². The lowest BCUT2D eigenvalue weighted by Crippen LogP contribution is -2.13. The molecule has 0 aliphatic rings. The maximum Gasteiger partial charge on any atom is 0.332 e. The Bertz CT molecular complexity index is 862. The summed E-state index contributed by atoms with van der Waals surface area (Å²) in [5.74, 6) is -2.54. The molecular weight excluding hydrogens is 340 g/mol. The van der Waals surface area contributed by atoms with Crippen LogP contribution in [0.1, 0.15) is 18.1 Å². The summed E-state index contributed by atoms with van der Waals surface area (Å²) in [5.41, 5.74) is 2.20. The number of rotatable bonds is 8. The highest BCUT2D eigenvalue weighted by atomic mass is 16.4. The van der Waals surface area contributed by atoms with Crippen molar-refractivity contribution in [2.24, 2.45) is 5.92 Å². The monoisotopic (exact) mass is 362 g/mol. The van der Waals surface area contributed by atoms with Gasteiger partial charge in [-0.05, 0) is 24.5 Å². The summed E-state index contributed by atoms with van der Waals surface area (Å²) < 4.78 is 0. The van der Waals surface area contributed by atoms with Crippen LogP contribution in [0.15, 0.2) is 90.0 Å². The normalized spacial score (nSPS) is 13.5.